The van der Waals surface area contributed by atoms with E-state index in [1.165, 1.54) is 18.1 Å². The van der Waals surface area contributed by atoms with Crippen molar-refractivity contribution < 1.29 is 14.3 Å². The summed E-state index contributed by atoms with van der Waals surface area (Å²) in [5.74, 6) is 1.94. The van der Waals surface area contributed by atoms with Crippen LogP contribution in [0.3, 0.4) is 0 Å². The third-order valence-electron chi connectivity index (χ3n) is 6.19. The van der Waals surface area contributed by atoms with E-state index in [1.807, 2.05) is 53.4 Å². The van der Waals surface area contributed by atoms with Gasteiger partial charge in [0.2, 0.25) is 5.91 Å². The Morgan fingerprint density at radius 2 is 1.91 bits per heavy atom. The highest BCUT2D eigenvalue weighted by molar-refractivity contribution is 8.00. The van der Waals surface area contributed by atoms with Crippen LogP contribution in [0.4, 0.5) is 0 Å². The van der Waals surface area contributed by atoms with Crippen LogP contribution in [0.5, 0.6) is 11.5 Å². The summed E-state index contributed by atoms with van der Waals surface area (Å²) in [6.45, 7) is 1.87. The number of hydrogen-bond acceptors (Lipinski definition) is 7. The second kappa shape index (κ2) is 8.98. The molecule has 1 saturated heterocycles. The summed E-state index contributed by atoms with van der Waals surface area (Å²) in [6.07, 6.45) is 5.22. The van der Waals surface area contributed by atoms with Crippen LogP contribution in [0.25, 0.3) is 16.7 Å². The Morgan fingerprint density at radius 3 is 2.79 bits per heavy atom. The molecule has 8 nitrogen and oxygen atoms in total. The van der Waals surface area contributed by atoms with Crippen LogP contribution >= 0.6 is 11.8 Å². The average Bonchev–Trinajstić information content (AvgIpc) is 3.55. The van der Waals surface area contributed by atoms with Crippen molar-refractivity contribution in [3.05, 3.63) is 66.6 Å². The van der Waals surface area contributed by atoms with Gasteiger partial charge in [-0.15, -0.1) is 0 Å². The minimum atomic E-state index is 0.0511. The van der Waals surface area contributed by atoms with Crippen LogP contribution < -0.4 is 9.47 Å². The van der Waals surface area contributed by atoms with Gasteiger partial charge in [0.15, 0.2) is 17.1 Å². The first-order valence-electron chi connectivity index (χ1n) is 11.3. The van der Waals surface area contributed by atoms with E-state index in [2.05, 4.69) is 15.1 Å². The Kier molecular flexibility index (Phi) is 5.54. The maximum atomic E-state index is 13.2. The lowest BCUT2D eigenvalue weighted by molar-refractivity contribution is -0.129. The zero-order valence-electron chi connectivity index (χ0n) is 18.5. The molecule has 0 aliphatic carbocycles. The highest BCUT2D eigenvalue weighted by atomic mass is 32.2. The third-order valence-corrected chi connectivity index (χ3v) is 7.18. The second-order valence-corrected chi connectivity index (χ2v) is 9.21. The molecule has 2 aliphatic heterocycles. The molecule has 0 radical (unpaired) electrons. The molecule has 34 heavy (non-hydrogen) atoms. The molecule has 0 spiro atoms. The molecule has 6 rings (SSSR count). The van der Waals surface area contributed by atoms with E-state index in [-0.39, 0.29) is 11.9 Å². The topological polar surface area (TPSA) is 82.4 Å². The molecular weight excluding hydrogens is 450 g/mol. The average molecular weight is 474 g/mol. The smallest absolute Gasteiger partial charge is 0.233 e. The normalized spacial score (nSPS) is 17.3. The molecule has 172 valence electrons. The fourth-order valence-electron chi connectivity index (χ4n) is 4.59. The van der Waals surface area contributed by atoms with Gasteiger partial charge < -0.3 is 14.4 Å². The fraction of sp³-hybridized carbons (Fsp3) is 0.280. The zero-order valence-corrected chi connectivity index (χ0v) is 19.3. The summed E-state index contributed by atoms with van der Waals surface area (Å²) in [4.78, 5) is 24.1. The Bertz CT molecular complexity index is 1340. The number of nitrogens with zero attached hydrogens (tertiary/aromatic N) is 5. The number of ether oxygens (including phenoxy) is 2. The summed E-state index contributed by atoms with van der Waals surface area (Å²) in [7, 11) is 0. The number of carbonyl (C=O) groups is 1. The Hall–Kier alpha value is -3.59. The first kappa shape index (κ1) is 21.0. The lowest BCUT2D eigenvalue weighted by Gasteiger charge is -2.26. The summed E-state index contributed by atoms with van der Waals surface area (Å²) in [5, 5.41) is 6.10. The SMILES string of the molecule is O=C(CSc1ncnc2c1cnn2-c1ccccc1)N1CCCC1c1ccc2c(c1)OCCO2. The molecule has 2 aromatic heterocycles. The zero-order chi connectivity index (χ0) is 22.9. The van der Waals surface area contributed by atoms with Crippen molar-refractivity contribution in [2.45, 2.75) is 23.9 Å². The summed E-state index contributed by atoms with van der Waals surface area (Å²) < 4.78 is 13.2. The lowest BCUT2D eigenvalue weighted by Crippen LogP contribution is -2.32. The first-order chi connectivity index (χ1) is 16.8. The van der Waals surface area contributed by atoms with Crippen molar-refractivity contribution in [1.82, 2.24) is 24.6 Å². The molecule has 1 unspecified atom stereocenters. The van der Waals surface area contributed by atoms with E-state index >= 15 is 0 Å². The van der Waals surface area contributed by atoms with Gasteiger partial charge in [0.25, 0.3) is 0 Å². The number of para-hydroxylation sites is 1. The van der Waals surface area contributed by atoms with Crippen LogP contribution in [0.15, 0.2) is 66.1 Å². The van der Waals surface area contributed by atoms with Gasteiger partial charge in [-0.2, -0.15) is 5.10 Å². The maximum Gasteiger partial charge on any atom is 0.233 e. The molecular formula is C25H23N5O3S. The van der Waals surface area contributed by atoms with Crippen LogP contribution in [-0.2, 0) is 4.79 Å². The molecule has 2 aromatic carbocycles. The summed E-state index contributed by atoms with van der Waals surface area (Å²) in [6, 6.07) is 15.9. The van der Waals surface area contributed by atoms with Crippen molar-refractivity contribution in [1.29, 1.82) is 0 Å². The Labute approximate surface area is 200 Å². The highest BCUT2D eigenvalue weighted by Crippen LogP contribution is 2.38. The molecule has 0 bridgehead atoms. The fourth-order valence-corrected chi connectivity index (χ4v) is 5.43. The Balaban J connectivity index is 1.19. The second-order valence-electron chi connectivity index (χ2n) is 8.24. The molecule has 1 amide bonds. The Morgan fingerprint density at radius 1 is 1.06 bits per heavy atom. The van der Waals surface area contributed by atoms with Gasteiger partial charge in [-0.3, -0.25) is 4.79 Å². The van der Waals surface area contributed by atoms with Crippen LogP contribution in [0, 0.1) is 0 Å². The number of likely N-dealkylation sites (tertiary alicyclic amines) is 1. The molecule has 4 heterocycles. The summed E-state index contributed by atoms with van der Waals surface area (Å²) >= 11 is 1.43. The molecule has 1 atom stereocenters. The number of rotatable bonds is 5. The minimum Gasteiger partial charge on any atom is -0.486 e. The van der Waals surface area contributed by atoms with Gasteiger partial charge in [0.05, 0.1) is 29.1 Å². The van der Waals surface area contributed by atoms with E-state index in [0.717, 1.165) is 58.2 Å². The number of aromatic nitrogens is 4. The minimum absolute atomic E-state index is 0.0511. The van der Waals surface area contributed by atoms with E-state index in [1.54, 1.807) is 10.9 Å². The van der Waals surface area contributed by atoms with Crippen molar-refractivity contribution in [3.8, 4) is 17.2 Å². The molecule has 1 fully saturated rings. The van der Waals surface area contributed by atoms with E-state index in [9.17, 15) is 4.79 Å². The molecule has 0 N–H and O–H groups in total. The molecule has 0 saturated carbocycles. The van der Waals surface area contributed by atoms with Crippen LogP contribution in [-0.4, -0.2) is 56.1 Å². The molecule has 9 heteroatoms. The van der Waals surface area contributed by atoms with E-state index < -0.39 is 0 Å². The number of fused-ring (bicyclic) bond motifs is 2. The standard InChI is InChI=1S/C25H23N5O3S/c31-23(29-10-4-7-20(29)17-8-9-21-22(13-17)33-12-11-32-21)15-34-25-19-14-28-30(24(19)26-16-27-25)18-5-2-1-3-6-18/h1-3,5-6,8-9,13-14,16,20H,4,7,10-12,15H2. The highest BCUT2D eigenvalue weighted by Gasteiger charge is 2.31. The van der Waals surface area contributed by atoms with Crippen LogP contribution in [0.2, 0.25) is 0 Å². The number of carbonyl (C=O) groups excluding carboxylic acids is 1. The predicted octanol–water partition coefficient (Wildman–Crippen LogP) is 4.04. The van der Waals surface area contributed by atoms with Crippen molar-refractivity contribution in [3.63, 3.8) is 0 Å². The van der Waals surface area contributed by atoms with Crippen molar-refractivity contribution in [2.24, 2.45) is 0 Å². The van der Waals surface area contributed by atoms with Crippen molar-refractivity contribution >= 4 is 28.7 Å². The van der Waals surface area contributed by atoms with Crippen LogP contribution in [0.1, 0.15) is 24.4 Å². The van der Waals surface area contributed by atoms with Gasteiger partial charge in [-0.1, -0.05) is 36.0 Å². The lowest BCUT2D eigenvalue weighted by atomic mass is 10.0. The molecule has 2 aliphatic rings. The maximum absolute atomic E-state index is 13.2. The van der Waals surface area contributed by atoms with Gasteiger partial charge in [-0.05, 0) is 42.7 Å². The van der Waals surface area contributed by atoms with Gasteiger partial charge in [0, 0.05) is 6.54 Å². The largest absolute Gasteiger partial charge is 0.486 e. The van der Waals surface area contributed by atoms with Gasteiger partial charge in [0.1, 0.15) is 24.6 Å². The van der Waals surface area contributed by atoms with E-state index in [0.29, 0.717) is 19.0 Å². The van der Waals surface area contributed by atoms with Crippen molar-refractivity contribution in [2.75, 3.05) is 25.5 Å². The predicted molar refractivity (Wildman–Crippen MR) is 129 cm³/mol. The number of amides is 1. The monoisotopic (exact) mass is 473 g/mol. The number of hydrogen-bond donors (Lipinski definition) is 0. The van der Waals surface area contributed by atoms with E-state index in [4.69, 9.17) is 9.47 Å². The molecule has 4 aromatic rings. The van der Waals surface area contributed by atoms with Gasteiger partial charge >= 0.3 is 0 Å². The quantitative estimate of drug-likeness (QED) is 0.320. The number of benzene rings is 2. The van der Waals surface area contributed by atoms with Gasteiger partial charge in [-0.25, -0.2) is 14.6 Å². The summed E-state index contributed by atoms with van der Waals surface area (Å²) in [5.41, 5.74) is 2.75. The third kappa shape index (κ3) is 3.86. The first-order valence-corrected chi connectivity index (χ1v) is 12.3. The number of thioether (sulfide) groups is 1.